The van der Waals surface area contributed by atoms with Crippen LogP contribution in [0.5, 0.6) is 5.75 Å². The Balaban J connectivity index is 2.54. The zero-order valence-corrected chi connectivity index (χ0v) is 12.3. The summed E-state index contributed by atoms with van der Waals surface area (Å²) in [5, 5.41) is 9.69. The highest BCUT2D eigenvalue weighted by Crippen LogP contribution is 2.46. The molecule has 1 fully saturated rings. The van der Waals surface area contributed by atoms with Crippen LogP contribution in [0, 0.1) is 19.8 Å². The first kappa shape index (κ1) is 14.4. The predicted octanol–water partition coefficient (Wildman–Crippen LogP) is 2.60. The molecule has 0 saturated carbocycles. The smallest absolute Gasteiger partial charge is 0.125 e. The number of rotatable bonds is 5. The highest BCUT2D eigenvalue weighted by Gasteiger charge is 2.48. The lowest BCUT2D eigenvalue weighted by molar-refractivity contribution is -0.102. The summed E-state index contributed by atoms with van der Waals surface area (Å²) in [4.78, 5) is 0. The maximum atomic E-state index is 9.69. The molecule has 19 heavy (non-hydrogen) atoms. The van der Waals surface area contributed by atoms with E-state index in [-0.39, 0.29) is 17.9 Å². The first-order valence-electron chi connectivity index (χ1n) is 6.93. The fourth-order valence-corrected chi connectivity index (χ4v) is 3.22. The largest absolute Gasteiger partial charge is 0.496 e. The SMILES string of the molecule is CCC(CO)C1(c2cc(C)cc(C)c2OC)COC1. The van der Waals surface area contributed by atoms with Crippen molar-refractivity contribution >= 4 is 0 Å². The van der Waals surface area contributed by atoms with Crippen LogP contribution < -0.4 is 4.74 Å². The first-order chi connectivity index (χ1) is 9.08. The zero-order valence-electron chi connectivity index (χ0n) is 12.3. The third-order valence-electron chi connectivity index (χ3n) is 4.37. The molecule has 0 spiro atoms. The van der Waals surface area contributed by atoms with E-state index in [1.807, 2.05) is 0 Å². The van der Waals surface area contributed by atoms with Crippen molar-refractivity contribution < 1.29 is 14.6 Å². The molecule has 1 N–H and O–H groups in total. The van der Waals surface area contributed by atoms with Crippen molar-refractivity contribution in [2.45, 2.75) is 32.6 Å². The van der Waals surface area contributed by atoms with E-state index in [1.54, 1.807) is 7.11 Å². The number of methoxy groups -OCH3 is 1. The summed E-state index contributed by atoms with van der Waals surface area (Å²) in [6.07, 6.45) is 0.940. The zero-order chi connectivity index (χ0) is 14.0. The van der Waals surface area contributed by atoms with Crippen LogP contribution in [0.1, 0.15) is 30.0 Å². The molecule has 1 unspecified atom stereocenters. The van der Waals surface area contributed by atoms with E-state index >= 15 is 0 Å². The molecule has 1 atom stereocenters. The van der Waals surface area contributed by atoms with Gasteiger partial charge in [-0.2, -0.15) is 0 Å². The van der Waals surface area contributed by atoms with Gasteiger partial charge in [-0.05, 0) is 25.3 Å². The van der Waals surface area contributed by atoms with Crippen LogP contribution in [0.25, 0.3) is 0 Å². The summed E-state index contributed by atoms with van der Waals surface area (Å²) in [5.41, 5.74) is 3.48. The lowest BCUT2D eigenvalue weighted by atomic mass is 9.67. The third-order valence-corrected chi connectivity index (χ3v) is 4.37. The van der Waals surface area contributed by atoms with Crippen molar-refractivity contribution in [1.82, 2.24) is 0 Å². The second kappa shape index (κ2) is 5.51. The molecule has 3 nitrogen and oxygen atoms in total. The van der Waals surface area contributed by atoms with Gasteiger partial charge in [-0.15, -0.1) is 0 Å². The molecular weight excluding hydrogens is 240 g/mol. The van der Waals surface area contributed by atoms with E-state index in [2.05, 4.69) is 32.9 Å². The van der Waals surface area contributed by atoms with E-state index in [9.17, 15) is 5.11 Å². The van der Waals surface area contributed by atoms with Gasteiger partial charge in [-0.1, -0.05) is 31.0 Å². The van der Waals surface area contributed by atoms with Gasteiger partial charge in [0.15, 0.2) is 0 Å². The van der Waals surface area contributed by atoms with Crippen LogP contribution in [0.3, 0.4) is 0 Å². The van der Waals surface area contributed by atoms with Crippen molar-refractivity contribution in [3.8, 4) is 5.75 Å². The molecule has 1 aromatic carbocycles. The van der Waals surface area contributed by atoms with Gasteiger partial charge in [-0.25, -0.2) is 0 Å². The van der Waals surface area contributed by atoms with Crippen molar-refractivity contribution in [3.05, 3.63) is 28.8 Å². The normalized spacial score (nSPS) is 18.8. The van der Waals surface area contributed by atoms with Crippen LogP contribution in [-0.2, 0) is 10.2 Å². The molecule has 3 heteroatoms. The summed E-state index contributed by atoms with van der Waals surface area (Å²) in [5.74, 6) is 1.16. The monoisotopic (exact) mass is 264 g/mol. The molecule has 1 heterocycles. The number of benzene rings is 1. The number of hydrogen-bond donors (Lipinski definition) is 1. The fourth-order valence-electron chi connectivity index (χ4n) is 3.22. The van der Waals surface area contributed by atoms with Gasteiger partial charge in [0, 0.05) is 12.2 Å². The highest BCUT2D eigenvalue weighted by atomic mass is 16.5. The van der Waals surface area contributed by atoms with Gasteiger partial charge in [0.05, 0.1) is 25.7 Å². The molecular formula is C16H24O3. The molecule has 0 amide bonds. The third kappa shape index (κ3) is 2.26. The first-order valence-corrected chi connectivity index (χ1v) is 6.93. The summed E-state index contributed by atoms with van der Waals surface area (Å²) in [6, 6.07) is 4.32. The Morgan fingerprint density at radius 1 is 1.37 bits per heavy atom. The van der Waals surface area contributed by atoms with Crippen molar-refractivity contribution in [3.63, 3.8) is 0 Å². The molecule has 106 valence electrons. The maximum absolute atomic E-state index is 9.69. The summed E-state index contributed by atoms with van der Waals surface area (Å²) < 4.78 is 11.1. The van der Waals surface area contributed by atoms with Gasteiger partial charge in [0.25, 0.3) is 0 Å². The van der Waals surface area contributed by atoms with E-state index < -0.39 is 0 Å². The van der Waals surface area contributed by atoms with Gasteiger partial charge < -0.3 is 14.6 Å². The summed E-state index contributed by atoms with van der Waals surface area (Å²) in [6.45, 7) is 7.83. The molecule has 1 aromatic rings. The topological polar surface area (TPSA) is 38.7 Å². The second-order valence-electron chi connectivity index (χ2n) is 5.60. The lowest BCUT2D eigenvalue weighted by Crippen LogP contribution is -2.53. The van der Waals surface area contributed by atoms with Crippen LogP contribution in [0.2, 0.25) is 0 Å². The second-order valence-corrected chi connectivity index (χ2v) is 5.60. The van der Waals surface area contributed by atoms with Crippen LogP contribution in [0.4, 0.5) is 0 Å². The predicted molar refractivity (Wildman–Crippen MR) is 75.8 cm³/mol. The molecule has 1 aliphatic rings. The summed E-state index contributed by atoms with van der Waals surface area (Å²) >= 11 is 0. The Morgan fingerprint density at radius 3 is 2.47 bits per heavy atom. The average Bonchev–Trinajstić information content (AvgIpc) is 2.32. The Morgan fingerprint density at radius 2 is 2.05 bits per heavy atom. The van der Waals surface area contributed by atoms with E-state index in [1.165, 1.54) is 11.1 Å². The number of ether oxygens (including phenoxy) is 2. The fraction of sp³-hybridized carbons (Fsp3) is 0.625. The van der Waals surface area contributed by atoms with Crippen molar-refractivity contribution in [2.24, 2.45) is 5.92 Å². The van der Waals surface area contributed by atoms with Crippen LogP contribution in [-0.4, -0.2) is 32.0 Å². The Bertz CT molecular complexity index is 446. The summed E-state index contributed by atoms with van der Waals surface area (Å²) in [7, 11) is 1.72. The van der Waals surface area contributed by atoms with Crippen LogP contribution >= 0.6 is 0 Å². The molecule has 0 aromatic heterocycles. The average molecular weight is 264 g/mol. The Kier molecular flexibility index (Phi) is 4.16. The number of aryl methyl sites for hydroxylation is 2. The molecule has 2 rings (SSSR count). The van der Waals surface area contributed by atoms with E-state index in [4.69, 9.17) is 9.47 Å². The van der Waals surface area contributed by atoms with Crippen LogP contribution in [0.15, 0.2) is 12.1 Å². The molecule has 0 radical (unpaired) electrons. The van der Waals surface area contributed by atoms with Gasteiger partial charge in [0.2, 0.25) is 0 Å². The standard InChI is InChI=1S/C16H24O3/c1-5-13(8-17)16(9-19-10-16)14-7-11(2)6-12(3)15(14)18-4/h6-7,13,17H,5,8-10H2,1-4H3. The minimum atomic E-state index is -0.0916. The Hall–Kier alpha value is -1.06. The number of hydrogen-bond acceptors (Lipinski definition) is 3. The quantitative estimate of drug-likeness (QED) is 0.888. The highest BCUT2D eigenvalue weighted by molar-refractivity contribution is 5.49. The van der Waals surface area contributed by atoms with E-state index in [0.717, 1.165) is 17.7 Å². The van der Waals surface area contributed by atoms with Crippen molar-refractivity contribution in [2.75, 3.05) is 26.9 Å². The van der Waals surface area contributed by atoms with Crippen molar-refractivity contribution in [1.29, 1.82) is 0 Å². The van der Waals surface area contributed by atoms with Gasteiger partial charge in [0.1, 0.15) is 5.75 Å². The Labute approximate surface area is 115 Å². The minimum absolute atomic E-state index is 0.0916. The number of aliphatic hydroxyl groups is 1. The van der Waals surface area contributed by atoms with E-state index in [0.29, 0.717) is 13.2 Å². The molecule has 1 saturated heterocycles. The number of aliphatic hydroxyl groups excluding tert-OH is 1. The van der Waals surface area contributed by atoms with Gasteiger partial charge >= 0.3 is 0 Å². The minimum Gasteiger partial charge on any atom is -0.496 e. The molecule has 0 aliphatic carbocycles. The molecule has 0 bridgehead atoms. The maximum Gasteiger partial charge on any atom is 0.125 e. The lowest BCUT2D eigenvalue weighted by Gasteiger charge is -2.47. The molecule has 1 aliphatic heterocycles. The van der Waals surface area contributed by atoms with Gasteiger partial charge in [-0.3, -0.25) is 0 Å².